The highest BCUT2D eigenvalue weighted by molar-refractivity contribution is 5.73. The molecule has 2 aromatic carbocycles. The Morgan fingerprint density at radius 1 is 1.22 bits per heavy atom. The van der Waals surface area contributed by atoms with Gasteiger partial charge in [0.25, 0.3) is 0 Å². The van der Waals surface area contributed by atoms with Crippen LogP contribution in [0.4, 0.5) is 4.79 Å². The van der Waals surface area contributed by atoms with Gasteiger partial charge in [0.1, 0.15) is 0 Å². The quantitative estimate of drug-likeness (QED) is 0.891. The Morgan fingerprint density at radius 3 is 2.65 bits per heavy atom. The van der Waals surface area contributed by atoms with Crippen LogP contribution < -0.4 is 10.1 Å². The summed E-state index contributed by atoms with van der Waals surface area (Å²) >= 11 is 0. The Hall–Kier alpha value is -2.69. The molecule has 0 aliphatic heterocycles. The van der Waals surface area contributed by atoms with Crippen LogP contribution in [-0.2, 0) is 13.1 Å². The minimum Gasteiger partial charge on any atom is -0.504 e. The summed E-state index contributed by atoms with van der Waals surface area (Å²) in [6, 6.07) is 13.0. The van der Waals surface area contributed by atoms with E-state index in [-0.39, 0.29) is 11.8 Å². The van der Waals surface area contributed by atoms with Crippen LogP contribution in [-0.4, -0.2) is 30.2 Å². The lowest BCUT2D eigenvalue weighted by Crippen LogP contribution is -2.36. The van der Waals surface area contributed by atoms with Crippen molar-refractivity contribution in [1.82, 2.24) is 10.2 Å². The third kappa shape index (κ3) is 4.64. The molecule has 5 heteroatoms. The van der Waals surface area contributed by atoms with E-state index in [1.165, 1.54) is 12.7 Å². The van der Waals surface area contributed by atoms with Crippen LogP contribution in [0, 0.1) is 6.92 Å². The van der Waals surface area contributed by atoms with E-state index >= 15 is 0 Å². The molecular formula is C18H22N2O3. The van der Waals surface area contributed by atoms with Crippen molar-refractivity contribution in [1.29, 1.82) is 0 Å². The number of aromatic hydroxyl groups is 1. The molecule has 23 heavy (non-hydrogen) atoms. The molecule has 0 aliphatic carbocycles. The second kappa shape index (κ2) is 7.54. The molecule has 0 fully saturated rings. The van der Waals surface area contributed by atoms with Gasteiger partial charge in [-0.15, -0.1) is 0 Å². The number of ether oxygens (including phenoxy) is 1. The summed E-state index contributed by atoms with van der Waals surface area (Å²) in [7, 11) is 3.21. The summed E-state index contributed by atoms with van der Waals surface area (Å²) in [4.78, 5) is 13.7. The molecule has 0 atom stereocenters. The van der Waals surface area contributed by atoms with Gasteiger partial charge in [-0.05, 0) is 30.2 Å². The van der Waals surface area contributed by atoms with E-state index in [1.54, 1.807) is 24.1 Å². The summed E-state index contributed by atoms with van der Waals surface area (Å²) < 4.78 is 5.01. The summed E-state index contributed by atoms with van der Waals surface area (Å²) in [6.07, 6.45) is 0. The van der Waals surface area contributed by atoms with E-state index in [0.717, 1.165) is 11.1 Å². The number of phenols is 1. The van der Waals surface area contributed by atoms with Crippen LogP contribution in [0.1, 0.15) is 16.7 Å². The van der Waals surface area contributed by atoms with Gasteiger partial charge in [0.05, 0.1) is 7.11 Å². The van der Waals surface area contributed by atoms with E-state index in [2.05, 4.69) is 5.32 Å². The zero-order valence-corrected chi connectivity index (χ0v) is 13.7. The number of phenolic OH excluding ortho intramolecular Hbond substituents is 1. The second-order valence-corrected chi connectivity index (χ2v) is 5.51. The number of nitrogens with one attached hydrogen (secondary N) is 1. The van der Waals surface area contributed by atoms with Crippen molar-refractivity contribution in [3.63, 3.8) is 0 Å². The standard InChI is InChI=1S/C18H22N2O3/c1-13-5-4-6-14(9-13)11-19-18(22)20(2)12-15-7-8-17(23-3)16(21)10-15/h4-10,21H,11-12H2,1-3H3,(H,19,22). The van der Waals surface area contributed by atoms with Gasteiger partial charge in [0, 0.05) is 20.1 Å². The maximum atomic E-state index is 12.1. The molecule has 122 valence electrons. The number of carbonyl (C=O) groups excluding carboxylic acids is 1. The number of benzene rings is 2. The van der Waals surface area contributed by atoms with Gasteiger partial charge in [0.2, 0.25) is 0 Å². The maximum absolute atomic E-state index is 12.1. The Kier molecular flexibility index (Phi) is 5.46. The predicted octanol–water partition coefficient (Wildman–Crippen LogP) is 3.05. The van der Waals surface area contributed by atoms with E-state index < -0.39 is 0 Å². The zero-order chi connectivity index (χ0) is 16.8. The molecule has 0 saturated heterocycles. The number of nitrogens with zero attached hydrogens (tertiary/aromatic N) is 1. The number of hydrogen-bond acceptors (Lipinski definition) is 3. The molecule has 0 aromatic heterocycles. The van der Waals surface area contributed by atoms with Crippen LogP contribution in [0.5, 0.6) is 11.5 Å². The molecule has 0 spiro atoms. The fraction of sp³-hybridized carbons (Fsp3) is 0.278. The van der Waals surface area contributed by atoms with Crippen LogP contribution in [0.3, 0.4) is 0 Å². The molecule has 0 radical (unpaired) electrons. The van der Waals surface area contributed by atoms with Crippen LogP contribution in [0.2, 0.25) is 0 Å². The first kappa shape index (κ1) is 16.7. The number of hydrogen-bond donors (Lipinski definition) is 2. The molecule has 2 rings (SSSR count). The van der Waals surface area contributed by atoms with E-state index in [1.807, 2.05) is 37.3 Å². The first-order valence-corrected chi connectivity index (χ1v) is 7.40. The average Bonchev–Trinajstić information content (AvgIpc) is 2.53. The van der Waals surface area contributed by atoms with Gasteiger partial charge in [-0.3, -0.25) is 0 Å². The third-order valence-corrected chi connectivity index (χ3v) is 3.54. The summed E-state index contributed by atoms with van der Waals surface area (Å²) in [5, 5.41) is 12.7. The Bertz CT molecular complexity index is 686. The van der Waals surface area contributed by atoms with Gasteiger partial charge >= 0.3 is 6.03 Å². The van der Waals surface area contributed by atoms with Crippen molar-refractivity contribution in [3.05, 3.63) is 59.2 Å². The molecule has 2 N–H and O–H groups in total. The van der Waals surface area contributed by atoms with Crippen molar-refractivity contribution in [2.24, 2.45) is 0 Å². The first-order chi connectivity index (χ1) is 11.0. The number of aryl methyl sites for hydroxylation is 1. The number of amides is 2. The van der Waals surface area contributed by atoms with Crippen molar-refractivity contribution in [3.8, 4) is 11.5 Å². The number of carbonyl (C=O) groups is 1. The van der Waals surface area contributed by atoms with Gasteiger partial charge < -0.3 is 20.1 Å². The number of rotatable bonds is 5. The zero-order valence-electron chi connectivity index (χ0n) is 13.7. The fourth-order valence-corrected chi connectivity index (χ4v) is 2.31. The molecule has 0 bridgehead atoms. The third-order valence-electron chi connectivity index (χ3n) is 3.54. The topological polar surface area (TPSA) is 61.8 Å². The largest absolute Gasteiger partial charge is 0.504 e. The van der Waals surface area contributed by atoms with Crippen LogP contribution in [0.25, 0.3) is 0 Å². The van der Waals surface area contributed by atoms with Gasteiger partial charge in [0.15, 0.2) is 11.5 Å². The molecular weight excluding hydrogens is 292 g/mol. The summed E-state index contributed by atoms with van der Waals surface area (Å²) in [5.41, 5.74) is 3.06. The predicted molar refractivity (Wildman–Crippen MR) is 89.5 cm³/mol. The first-order valence-electron chi connectivity index (χ1n) is 7.40. The van der Waals surface area contributed by atoms with Gasteiger partial charge in [-0.25, -0.2) is 4.79 Å². The normalized spacial score (nSPS) is 10.2. The molecule has 2 aromatic rings. The Morgan fingerprint density at radius 2 is 2.00 bits per heavy atom. The van der Waals surface area contributed by atoms with Gasteiger partial charge in [-0.1, -0.05) is 35.9 Å². The summed E-state index contributed by atoms with van der Waals surface area (Å²) in [6.45, 7) is 2.91. The second-order valence-electron chi connectivity index (χ2n) is 5.51. The Labute approximate surface area is 136 Å². The van der Waals surface area contributed by atoms with E-state index in [4.69, 9.17) is 4.74 Å². The molecule has 0 aliphatic rings. The minimum absolute atomic E-state index is 0.0681. The van der Waals surface area contributed by atoms with Gasteiger partial charge in [-0.2, -0.15) is 0 Å². The van der Waals surface area contributed by atoms with E-state index in [9.17, 15) is 9.90 Å². The van der Waals surface area contributed by atoms with E-state index in [0.29, 0.717) is 18.8 Å². The number of methoxy groups -OCH3 is 1. The number of urea groups is 1. The van der Waals surface area contributed by atoms with Crippen molar-refractivity contribution in [2.75, 3.05) is 14.2 Å². The maximum Gasteiger partial charge on any atom is 0.317 e. The lowest BCUT2D eigenvalue weighted by molar-refractivity contribution is 0.206. The highest BCUT2D eigenvalue weighted by atomic mass is 16.5. The Balaban J connectivity index is 1.91. The SMILES string of the molecule is COc1ccc(CN(C)C(=O)NCc2cccc(C)c2)cc1O. The molecule has 5 nitrogen and oxygen atoms in total. The van der Waals surface area contributed by atoms with Crippen LogP contribution in [0.15, 0.2) is 42.5 Å². The van der Waals surface area contributed by atoms with Crippen molar-refractivity contribution in [2.45, 2.75) is 20.0 Å². The molecule has 2 amide bonds. The smallest absolute Gasteiger partial charge is 0.317 e. The monoisotopic (exact) mass is 314 g/mol. The van der Waals surface area contributed by atoms with Crippen LogP contribution >= 0.6 is 0 Å². The summed E-state index contributed by atoms with van der Waals surface area (Å²) in [5.74, 6) is 0.485. The average molecular weight is 314 g/mol. The fourth-order valence-electron chi connectivity index (χ4n) is 2.31. The highest BCUT2D eigenvalue weighted by Crippen LogP contribution is 2.26. The molecule has 0 saturated carbocycles. The molecule has 0 unspecified atom stereocenters. The molecule has 0 heterocycles. The lowest BCUT2D eigenvalue weighted by atomic mass is 10.1. The van der Waals surface area contributed by atoms with Crippen molar-refractivity contribution >= 4 is 6.03 Å². The minimum atomic E-state index is -0.165. The van der Waals surface area contributed by atoms with Crippen molar-refractivity contribution < 1.29 is 14.6 Å². The lowest BCUT2D eigenvalue weighted by Gasteiger charge is -2.18. The highest BCUT2D eigenvalue weighted by Gasteiger charge is 2.10.